The number of nitrogens with zero attached hydrogens (tertiary/aromatic N) is 6. The molecule has 1 aliphatic heterocycles. The molecule has 0 bridgehead atoms. The number of aromatic nitrogens is 5. The fourth-order valence-electron chi connectivity index (χ4n) is 3.38. The van der Waals surface area contributed by atoms with Crippen molar-refractivity contribution in [2.45, 2.75) is 50.6 Å². The van der Waals surface area contributed by atoms with E-state index < -0.39 is 0 Å². The highest BCUT2D eigenvalue weighted by Gasteiger charge is 2.30. The van der Waals surface area contributed by atoms with Gasteiger partial charge in [-0.3, -0.25) is 14.2 Å². The van der Waals surface area contributed by atoms with Crippen LogP contribution in [0.1, 0.15) is 42.9 Å². The highest BCUT2D eigenvalue weighted by atomic mass is 16.2. The molecule has 2 aliphatic rings. The van der Waals surface area contributed by atoms with Crippen LogP contribution in [0.4, 0.5) is 0 Å². The Labute approximate surface area is 135 Å². The molecule has 0 unspecified atom stereocenters. The number of carbonyl (C=O) groups is 1. The molecule has 1 saturated heterocycles. The monoisotopic (exact) mass is 314 g/mol. The Morgan fingerprint density at radius 2 is 2.17 bits per heavy atom. The summed E-state index contributed by atoms with van der Waals surface area (Å²) in [4.78, 5) is 14.6. The second kappa shape index (κ2) is 5.79. The van der Waals surface area contributed by atoms with Crippen molar-refractivity contribution in [3.05, 3.63) is 29.8 Å². The van der Waals surface area contributed by atoms with Gasteiger partial charge >= 0.3 is 0 Å². The summed E-state index contributed by atoms with van der Waals surface area (Å²) in [6.07, 6.45) is 10.7. The van der Waals surface area contributed by atoms with E-state index in [-0.39, 0.29) is 11.9 Å². The molecule has 23 heavy (non-hydrogen) atoms. The van der Waals surface area contributed by atoms with Crippen LogP contribution in [0.15, 0.2) is 18.6 Å². The minimum Gasteiger partial charge on any atom is -0.338 e. The van der Waals surface area contributed by atoms with Crippen LogP contribution in [0.25, 0.3) is 0 Å². The first kappa shape index (κ1) is 14.4. The predicted octanol–water partition coefficient (Wildman–Crippen LogP) is 1.12. The van der Waals surface area contributed by atoms with E-state index in [0.717, 1.165) is 37.2 Å². The van der Waals surface area contributed by atoms with Gasteiger partial charge in [0.1, 0.15) is 0 Å². The second-order valence-corrected chi connectivity index (χ2v) is 6.72. The number of hydrogen-bond acceptors (Lipinski definition) is 4. The van der Waals surface area contributed by atoms with E-state index in [0.29, 0.717) is 12.3 Å². The summed E-state index contributed by atoms with van der Waals surface area (Å²) >= 11 is 0. The van der Waals surface area contributed by atoms with Crippen LogP contribution in [-0.2, 0) is 24.8 Å². The van der Waals surface area contributed by atoms with Gasteiger partial charge in [-0.15, -0.1) is 5.10 Å². The topological polar surface area (TPSA) is 68.8 Å². The van der Waals surface area contributed by atoms with E-state index in [1.165, 1.54) is 12.8 Å². The van der Waals surface area contributed by atoms with Crippen molar-refractivity contribution in [2.24, 2.45) is 7.05 Å². The molecular formula is C16H22N6O. The molecule has 0 spiro atoms. The maximum absolute atomic E-state index is 12.6. The molecule has 7 heteroatoms. The first-order valence-electron chi connectivity index (χ1n) is 8.36. The van der Waals surface area contributed by atoms with Crippen molar-refractivity contribution in [2.75, 3.05) is 6.54 Å². The largest absolute Gasteiger partial charge is 0.338 e. The van der Waals surface area contributed by atoms with Gasteiger partial charge < -0.3 is 4.90 Å². The fraction of sp³-hybridized carbons (Fsp3) is 0.625. The SMILES string of the molecule is Cn1cc(CC(=O)N2CCC[C@H]2Cn2cc(C3CC3)nn2)cn1. The molecule has 4 rings (SSSR count). The number of rotatable bonds is 5. The molecule has 1 saturated carbocycles. The van der Waals surface area contributed by atoms with Crippen LogP contribution in [0.5, 0.6) is 0 Å². The van der Waals surface area contributed by atoms with Crippen molar-refractivity contribution < 1.29 is 4.79 Å². The van der Waals surface area contributed by atoms with Gasteiger partial charge in [0.15, 0.2) is 0 Å². The third-order valence-corrected chi connectivity index (χ3v) is 4.76. The molecular weight excluding hydrogens is 292 g/mol. The Balaban J connectivity index is 1.39. The van der Waals surface area contributed by atoms with Gasteiger partial charge in [0.05, 0.1) is 30.9 Å². The molecule has 1 amide bonds. The maximum atomic E-state index is 12.6. The lowest BCUT2D eigenvalue weighted by Gasteiger charge is -2.24. The van der Waals surface area contributed by atoms with Crippen LogP contribution in [-0.4, -0.2) is 48.2 Å². The van der Waals surface area contributed by atoms with Crippen molar-refractivity contribution in [1.29, 1.82) is 0 Å². The van der Waals surface area contributed by atoms with E-state index in [2.05, 4.69) is 21.6 Å². The van der Waals surface area contributed by atoms with Crippen LogP contribution in [0, 0.1) is 0 Å². The predicted molar refractivity (Wildman–Crippen MR) is 83.6 cm³/mol. The minimum absolute atomic E-state index is 0.183. The molecule has 0 N–H and O–H groups in total. The second-order valence-electron chi connectivity index (χ2n) is 6.72. The van der Waals surface area contributed by atoms with Crippen LogP contribution >= 0.6 is 0 Å². The quantitative estimate of drug-likeness (QED) is 0.829. The standard InChI is InChI=1S/C16H22N6O/c1-20-9-12(8-17-20)7-16(23)22-6-2-3-14(22)10-21-11-15(18-19-21)13-4-5-13/h8-9,11,13-14H,2-7,10H2,1H3/t14-/m0/s1. The van der Waals surface area contributed by atoms with E-state index in [1.54, 1.807) is 10.9 Å². The lowest BCUT2D eigenvalue weighted by atomic mass is 10.2. The normalized spacial score (nSPS) is 21.1. The highest BCUT2D eigenvalue weighted by Crippen LogP contribution is 2.38. The van der Waals surface area contributed by atoms with Gasteiger partial charge in [0, 0.05) is 31.9 Å². The van der Waals surface area contributed by atoms with Crippen LogP contribution in [0.2, 0.25) is 0 Å². The number of aryl methyl sites for hydroxylation is 1. The summed E-state index contributed by atoms with van der Waals surface area (Å²) in [6.45, 7) is 1.59. The zero-order valence-electron chi connectivity index (χ0n) is 13.4. The smallest absolute Gasteiger partial charge is 0.227 e. The van der Waals surface area contributed by atoms with Gasteiger partial charge in [0.2, 0.25) is 5.91 Å². The molecule has 1 atom stereocenters. The molecule has 7 nitrogen and oxygen atoms in total. The average Bonchev–Trinajstić information content (AvgIpc) is 2.93. The molecule has 122 valence electrons. The molecule has 1 aliphatic carbocycles. The van der Waals surface area contributed by atoms with E-state index in [4.69, 9.17) is 0 Å². The summed E-state index contributed by atoms with van der Waals surface area (Å²) in [5.41, 5.74) is 2.08. The molecule has 2 aromatic heterocycles. The Morgan fingerprint density at radius 3 is 2.91 bits per heavy atom. The lowest BCUT2D eigenvalue weighted by molar-refractivity contribution is -0.131. The Kier molecular flexibility index (Phi) is 3.63. The van der Waals surface area contributed by atoms with Crippen molar-refractivity contribution in [1.82, 2.24) is 29.7 Å². The summed E-state index contributed by atoms with van der Waals surface area (Å²) in [5, 5.41) is 12.6. The average molecular weight is 314 g/mol. The summed E-state index contributed by atoms with van der Waals surface area (Å²) in [7, 11) is 1.87. The van der Waals surface area contributed by atoms with E-state index >= 15 is 0 Å². The van der Waals surface area contributed by atoms with Gasteiger partial charge in [0.25, 0.3) is 0 Å². The molecule has 0 aromatic carbocycles. The Morgan fingerprint density at radius 1 is 1.30 bits per heavy atom. The zero-order valence-corrected chi connectivity index (χ0v) is 13.4. The van der Waals surface area contributed by atoms with Crippen molar-refractivity contribution in [3.8, 4) is 0 Å². The molecule has 2 aromatic rings. The fourth-order valence-corrected chi connectivity index (χ4v) is 3.38. The Bertz CT molecular complexity index is 701. The van der Waals surface area contributed by atoms with Crippen molar-refractivity contribution >= 4 is 5.91 Å². The van der Waals surface area contributed by atoms with Gasteiger partial charge in [-0.1, -0.05) is 5.21 Å². The van der Waals surface area contributed by atoms with Crippen LogP contribution < -0.4 is 0 Å². The maximum Gasteiger partial charge on any atom is 0.227 e. The number of hydrogen-bond donors (Lipinski definition) is 0. The highest BCUT2D eigenvalue weighted by molar-refractivity contribution is 5.79. The summed E-state index contributed by atoms with van der Waals surface area (Å²) < 4.78 is 3.65. The lowest BCUT2D eigenvalue weighted by Crippen LogP contribution is -2.39. The van der Waals surface area contributed by atoms with E-state index in [1.807, 2.05) is 22.8 Å². The zero-order chi connectivity index (χ0) is 15.8. The third kappa shape index (κ3) is 3.13. The van der Waals surface area contributed by atoms with Crippen LogP contribution in [0.3, 0.4) is 0 Å². The molecule has 3 heterocycles. The molecule has 2 fully saturated rings. The number of likely N-dealkylation sites (tertiary alicyclic amines) is 1. The van der Waals surface area contributed by atoms with Crippen molar-refractivity contribution in [3.63, 3.8) is 0 Å². The minimum atomic E-state index is 0.183. The summed E-state index contributed by atoms with van der Waals surface area (Å²) in [6, 6.07) is 0.230. The van der Waals surface area contributed by atoms with Gasteiger partial charge in [-0.05, 0) is 31.2 Å². The molecule has 0 radical (unpaired) electrons. The third-order valence-electron chi connectivity index (χ3n) is 4.76. The van der Waals surface area contributed by atoms with Gasteiger partial charge in [-0.2, -0.15) is 5.10 Å². The van der Waals surface area contributed by atoms with Gasteiger partial charge in [-0.25, -0.2) is 0 Å². The summed E-state index contributed by atoms with van der Waals surface area (Å²) in [5.74, 6) is 0.804. The van der Waals surface area contributed by atoms with E-state index in [9.17, 15) is 4.79 Å². The first-order valence-corrected chi connectivity index (χ1v) is 8.36. The number of amides is 1. The Hall–Kier alpha value is -2.18. The number of carbonyl (C=O) groups excluding carboxylic acids is 1. The first-order chi connectivity index (χ1) is 11.2.